The van der Waals surface area contributed by atoms with Crippen LogP contribution in [0.25, 0.3) is 0 Å². The van der Waals surface area contributed by atoms with Crippen LogP contribution in [0, 0.1) is 0 Å². The standard InChI is InChI=1S/C19H36O4/c1-2-3-4-5-6-7-8-9-10-11-12-13-14-15-16-23-19(21)17-22-18-20/h18H,2-17H2,1H3. The van der Waals surface area contributed by atoms with Crippen LogP contribution in [-0.4, -0.2) is 25.7 Å². The molecule has 0 atom stereocenters. The summed E-state index contributed by atoms with van der Waals surface area (Å²) in [4.78, 5) is 20.9. The minimum Gasteiger partial charge on any atom is -0.463 e. The van der Waals surface area contributed by atoms with Crippen LogP contribution in [0.2, 0.25) is 0 Å². The number of ether oxygens (including phenoxy) is 2. The van der Waals surface area contributed by atoms with Crippen molar-refractivity contribution in [3.63, 3.8) is 0 Å². The van der Waals surface area contributed by atoms with Crippen molar-refractivity contribution in [2.45, 2.75) is 96.8 Å². The van der Waals surface area contributed by atoms with E-state index < -0.39 is 5.97 Å². The second-order valence-electron chi connectivity index (χ2n) is 6.22. The Labute approximate surface area is 142 Å². The number of rotatable bonds is 18. The second kappa shape index (κ2) is 19.0. The predicted molar refractivity (Wildman–Crippen MR) is 93.3 cm³/mol. The molecule has 0 aliphatic carbocycles. The van der Waals surface area contributed by atoms with E-state index >= 15 is 0 Å². The van der Waals surface area contributed by atoms with Gasteiger partial charge in [-0.05, 0) is 6.42 Å². The molecule has 0 aliphatic rings. The van der Waals surface area contributed by atoms with Crippen molar-refractivity contribution < 1.29 is 19.1 Å². The topological polar surface area (TPSA) is 52.6 Å². The van der Waals surface area contributed by atoms with Gasteiger partial charge < -0.3 is 9.47 Å². The van der Waals surface area contributed by atoms with E-state index in [0.717, 1.165) is 12.8 Å². The molecule has 0 amide bonds. The third kappa shape index (κ3) is 18.9. The van der Waals surface area contributed by atoms with Gasteiger partial charge in [0.25, 0.3) is 6.47 Å². The first kappa shape index (κ1) is 21.9. The maximum Gasteiger partial charge on any atom is 0.344 e. The molecule has 0 unspecified atom stereocenters. The van der Waals surface area contributed by atoms with Gasteiger partial charge in [0, 0.05) is 0 Å². The molecule has 0 bridgehead atoms. The van der Waals surface area contributed by atoms with E-state index in [-0.39, 0.29) is 13.1 Å². The molecule has 0 heterocycles. The molecular formula is C19H36O4. The SMILES string of the molecule is CCCCCCCCCCCCCCCCOC(=O)COC=O. The van der Waals surface area contributed by atoms with E-state index in [1.807, 2.05) is 0 Å². The van der Waals surface area contributed by atoms with Crippen LogP contribution >= 0.6 is 0 Å². The monoisotopic (exact) mass is 328 g/mol. The van der Waals surface area contributed by atoms with Gasteiger partial charge in [0.2, 0.25) is 0 Å². The lowest BCUT2D eigenvalue weighted by molar-refractivity contribution is -0.153. The predicted octanol–water partition coefficient (Wildman–Crippen LogP) is 5.18. The number of unbranched alkanes of at least 4 members (excludes halogenated alkanes) is 13. The molecule has 0 radical (unpaired) electrons. The minimum atomic E-state index is -0.466. The van der Waals surface area contributed by atoms with Crippen LogP contribution in [0.3, 0.4) is 0 Å². The quantitative estimate of drug-likeness (QED) is 0.197. The van der Waals surface area contributed by atoms with E-state index in [1.54, 1.807) is 0 Å². The maximum absolute atomic E-state index is 11.0. The van der Waals surface area contributed by atoms with Crippen molar-refractivity contribution in [3.05, 3.63) is 0 Å². The summed E-state index contributed by atoms with van der Waals surface area (Å²) in [5, 5.41) is 0. The Hall–Kier alpha value is -1.06. The summed E-state index contributed by atoms with van der Waals surface area (Å²) in [5.41, 5.74) is 0. The van der Waals surface area contributed by atoms with Crippen LogP contribution in [0.4, 0.5) is 0 Å². The Morgan fingerprint density at radius 1 is 0.739 bits per heavy atom. The molecule has 136 valence electrons. The molecule has 0 aromatic heterocycles. The molecule has 0 aromatic carbocycles. The highest BCUT2D eigenvalue weighted by molar-refractivity contribution is 5.71. The normalized spacial score (nSPS) is 10.5. The largest absolute Gasteiger partial charge is 0.463 e. The van der Waals surface area contributed by atoms with Crippen molar-refractivity contribution in [1.29, 1.82) is 0 Å². The Bertz CT molecular complexity index is 266. The van der Waals surface area contributed by atoms with Gasteiger partial charge in [0.1, 0.15) is 0 Å². The first-order valence-corrected chi connectivity index (χ1v) is 9.52. The highest BCUT2D eigenvalue weighted by atomic mass is 16.6. The van der Waals surface area contributed by atoms with Gasteiger partial charge in [0.05, 0.1) is 6.61 Å². The van der Waals surface area contributed by atoms with Crippen molar-refractivity contribution in [3.8, 4) is 0 Å². The number of esters is 1. The summed E-state index contributed by atoms with van der Waals surface area (Å²) in [6.07, 6.45) is 18.3. The molecule has 0 spiro atoms. The van der Waals surface area contributed by atoms with E-state index in [4.69, 9.17) is 4.74 Å². The fraction of sp³-hybridized carbons (Fsp3) is 0.895. The van der Waals surface area contributed by atoms with E-state index in [0.29, 0.717) is 6.61 Å². The average molecular weight is 328 g/mol. The van der Waals surface area contributed by atoms with E-state index in [9.17, 15) is 9.59 Å². The lowest BCUT2D eigenvalue weighted by Gasteiger charge is -2.04. The molecular weight excluding hydrogens is 292 g/mol. The zero-order chi connectivity index (χ0) is 17.0. The van der Waals surface area contributed by atoms with Crippen LogP contribution < -0.4 is 0 Å². The van der Waals surface area contributed by atoms with Crippen LogP contribution in [-0.2, 0) is 19.1 Å². The smallest absolute Gasteiger partial charge is 0.344 e. The molecule has 0 saturated carbocycles. The average Bonchev–Trinajstić information content (AvgIpc) is 2.56. The van der Waals surface area contributed by atoms with Gasteiger partial charge in [0.15, 0.2) is 6.61 Å². The number of hydrogen-bond donors (Lipinski definition) is 0. The number of carbonyl (C=O) groups excluding carboxylic acids is 2. The molecule has 0 saturated heterocycles. The van der Waals surface area contributed by atoms with E-state index in [2.05, 4.69) is 11.7 Å². The molecule has 0 aromatic rings. The minimum absolute atomic E-state index is 0.258. The van der Waals surface area contributed by atoms with Crippen molar-refractivity contribution in [2.24, 2.45) is 0 Å². The highest BCUT2D eigenvalue weighted by Crippen LogP contribution is 2.12. The molecule has 4 nitrogen and oxygen atoms in total. The number of carbonyl (C=O) groups is 2. The lowest BCUT2D eigenvalue weighted by Crippen LogP contribution is -2.12. The zero-order valence-electron chi connectivity index (χ0n) is 15.0. The Balaban J connectivity index is 3.05. The maximum atomic E-state index is 11.0. The third-order valence-corrected chi connectivity index (χ3v) is 4.03. The molecule has 23 heavy (non-hydrogen) atoms. The van der Waals surface area contributed by atoms with Crippen LogP contribution in [0.15, 0.2) is 0 Å². The third-order valence-electron chi connectivity index (χ3n) is 4.03. The van der Waals surface area contributed by atoms with Gasteiger partial charge in [-0.1, -0.05) is 90.4 Å². The summed E-state index contributed by atoms with van der Waals surface area (Å²) in [6.45, 7) is 2.67. The van der Waals surface area contributed by atoms with Crippen LogP contribution in [0.5, 0.6) is 0 Å². The summed E-state index contributed by atoms with van der Waals surface area (Å²) < 4.78 is 9.24. The molecule has 0 rings (SSSR count). The Morgan fingerprint density at radius 2 is 1.17 bits per heavy atom. The second-order valence-corrected chi connectivity index (χ2v) is 6.22. The molecule has 0 N–H and O–H groups in total. The zero-order valence-corrected chi connectivity index (χ0v) is 15.0. The Morgan fingerprint density at radius 3 is 1.61 bits per heavy atom. The van der Waals surface area contributed by atoms with Crippen molar-refractivity contribution in [1.82, 2.24) is 0 Å². The van der Waals surface area contributed by atoms with Gasteiger partial charge >= 0.3 is 5.97 Å². The van der Waals surface area contributed by atoms with Gasteiger partial charge in [-0.2, -0.15) is 0 Å². The summed E-state index contributed by atoms with van der Waals surface area (Å²) in [7, 11) is 0. The van der Waals surface area contributed by atoms with Crippen LogP contribution in [0.1, 0.15) is 96.8 Å². The summed E-state index contributed by atoms with van der Waals surface area (Å²) in [6, 6.07) is 0. The lowest BCUT2D eigenvalue weighted by atomic mass is 10.0. The summed E-state index contributed by atoms with van der Waals surface area (Å²) >= 11 is 0. The molecule has 0 fully saturated rings. The Kier molecular flexibility index (Phi) is 18.1. The van der Waals surface area contributed by atoms with Gasteiger partial charge in [-0.3, -0.25) is 4.79 Å². The fourth-order valence-corrected chi connectivity index (χ4v) is 2.63. The number of hydrogen-bond acceptors (Lipinski definition) is 4. The van der Waals surface area contributed by atoms with Gasteiger partial charge in [-0.15, -0.1) is 0 Å². The van der Waals surface area contributed by atoms with Crippen molar-refractivity contribution in [2.75, 3.05) is 13.2 Å². The molecule has 4 heteroatoms. The van der Waals surface area contributed by atoms with Gasteiger partial charge in [-0.25, -0.2) is 4.79 Å². The van der Waals surface area contributed by atoms with E-state index in [1.165, 1.54) is 77.0 Å². The highest BCUT2D eigenvalue weighted by Gasteiger charge is 2.01. The molecule has 0 aliphatic heterocycles. The van der Waals surface area contributed by atoms with Crippen molar-refractivity contribution >= 4 is 12.4 Å². The first-order valence-electron chi connectivity index (χ1n) is 9.52. The fourth-order valence-electron chi connectivity index (χ4n) is 2.63. The first-order chi connectivity index (χ1) is 11.3. The summed E-state index contributed by atoms with van der Waals surface area (Å²) in [5.74, 6) is -0.466.